The summed E-state index contributed by atoms with van der Waals surface area (Å²) in [5.74, 6) is -0.198. The highest BCUT2D eigenvalue weighted by molar-refractivity contribution is 5.96. The summed E-state index contributed by atoms with van der Waals surface area (Å²) in [7, 11) is 3.53. The molecule has 0 N–H and O–H groups in total. The first-order chi connectivity index (χ1) is 4.57. The number of hydrogen-bond donors (Lipinski definition) is 0. The van der Waals surface area contributed by atoms with Crippen molar-refractivity contribution in [2.24, 2.45) is 0 Å². The van der Waals surface area contributed by atoms with Crippen LogP contribution in [0, 0.1) is 11.3 Å². The van der Waals surface area contributed by atoms with E-state index in [0.29, 0.717) is 0 Å². The van der Waals surface area contributed by atoms with Crippen LogP contribution in [0.5, 0.6) is 0 Å². The molecule has 0 aliphatic heterocycles. The second-order valence-corrected chi connectivity index (χ2v) is 2.17. The maximum absolute atomic E-state index is 10.6. The zero-order valence-electron chi connectivity index (χ0n) is 6.38. The molecular formula is C7H10N2O. The van der Waals surface area contributed by atoms with Gasteiger partial charge in [0.1, 0.15) is 11.6 Å². The third-order valence-corrected chi connectivity index (χ3v) is 0.887. The molecule has 0 radical (unpaired) electrons. The van der Waals surface area contributed by atoms with Crippen LogP contribution < -0.4 is 0 Å². The van der Waals surface area contributed by atoms with Crippen LogP contribution in [0.2, 0.25) is 0 Å². The second kappa shape index (κ2) is 3.67. The summed E-state index contributed by atoms with van der Waals surface area (Å²) in [6.07, 6.45) is 1.50. The molecule has 0 aromatic carbocycles. The molecule has 0 aliphatic rings. The quantitative estimate of drug-likeness (QED) is 0.413. The van der Waals surface area contributed by atoms with Crippen molar-refractivity contribution in [1.82, 2.24) is 4.90 Å². The van der Waals surface area contributed by atoms with Crippen LogP contribution in [0.1, 0.15) is 6.92 Å². The average Bonchev–Trinajstić information content (AvgIpc) is 1.81. The SMILES string of the molecule is CC(=O)/C(C#N)=C/N(C)C. The minimum atomic E-state index is -0.198. The van der Waals surface area contributed by atoms with Gasteiger partial charge in [-0.05, 0) is 6.92 Å². The van der Waals surface area contributed by atoms with Crippen LogP contribution in [0.15, 0.2) is 11.8 Å². The first-order valence-electron chi connectivity index (χ1n) is 2.87. The molecule has 0 bridgehead atoms. The molecule has 0 aromatic heterocycles. The predicted octanol–water partition coefficient (Wildman–Crippen LogP) is 0.544. The van der Waals surface area contributed by atoms with Gasteiger partial charge in [0, 0.05) is 20.3 Å². The maximum atomic E-state index is 10.6. The van der Waals surface area contributed by atoms with E-state index in [0.717, 1.165) is 0 Å². The molecule has 10 heavy (non-hydrogen) atoms. The van der Waals surface area contributed by atoms with Gasteiger partial charge < -0.3 is 4.90 Å². The number of nitriles is 1. The first kappa shape index (κ1) is 8.70. The molecule has 0 saturated heterocycles. The van der Waals surface area contributed by atoms with Gasteiger partial charge in [0.2, 0.25) is 0 Å². The lowest BCUT2D eigenvalue weighted by molar-refractivity contribution is -0.113. The molecule has 0 fully saturated rings. The second-order valence-electron chi connectivity index (χ2n) is 2.17. The summed E-state index contributed by atoms with van der Waals surface area (Å²) in [5.41, 5.74) is 0.185. The summed E-state index contributed by atoms with van der Waals surface area (Å²) in [6, 6.07) is 1.80. The standard InChI is InChI=1S/C7H10N2O/c1-6(10)7(4-8)5-9(2)3/h5H,1-3H3/b7-5+. The number of hydrogen-bond acceptors (Lipinski definition) is 3. The van der Waals surface area contributed by atoms with E-state index in [-0.39, 0.29) is 11.4 Å². The molecule has 0 saturated carbocycles. The first-order valence-corrected chi connectivity index (χ1v) is 2.87. The fraction of sp³-hybridized carbons (Fsp3) is 0.429. The van der Waals surface area contributed by atoms with E-state index in [4.69, 9.17) is 5.26 Å². The highest BCUT2D eigenvalue weighted by Crippen LogP contribution is 1.93. The van der Waals surface area contributed by atoms with E-state index >= 15 is 0 Å². The predicted molar refractivity (Wildman–Crippen MR) is 38.1 cm³/mol. The number of allylic oxidation sites excluding steroid dienone is 1. The topological polar surface area (TPSA) is 44.1 Å². The van der Waals surface area contributed by atoms with Crippen LogP contribution in [-0.4, -0.2) is 24.8 Å². The lowest BCUT2D eigenvalue weighted by Crippen LogP contribution is -2.05. The van der Waals surface area contributed by atoms with Gasteiger partial charge in [-0.25, -0.2) is 0 Å². The van der Waals surface area contributed by atoms with Crippen molar-refractivity contribution in [1.29, 1.82) is 5.26 Å². The Balaban J connectivity index is 4.39. The van der Waals surface area contributed by atoms with Crippen LogP contribution >= 0.6 is 0 Å². The van der Waals surface area contributed by atoms with Crippen molar-refractivity contribution in [2.45, 2.75) is 6.92 Å². The normalized spacial score (nSPS) is 10.4. The van der Waals surface area contributed by atoms with Crippen LogP contribution in [0.4, 0.5) is 0 Å². The van der Waals surface area contributed by atoms with Gasteiger partial charge >= 0.3 is 0 Å². The lowest BCUT2D eigenvalue weighted by atomic mass is 10.2. The summed E-state index contributed by atoms with van der Waals surface area (Å²) in [4.78, 5) is 12.3. The molecule has 0 heterocycles. The minimum Gasteiger partial charge on any atom is -0.382 e. The number of carbonyl (C=O) groups is 1. The molecule has 0 atom stereocenters. The van der Waals surface area contributed by atoms with Gasteiger partial charge in [0.25, 0.3) is 0 Å². The molecule has 0 aromatic rings. The van der Waals surface area contributed by atoms with Crippen LogP contribution in [-0.2, 0) is 4.79 Å². The number of nitrogens with zero attached hydrogens (tertiary/aromatic N) is 2. The van der Waals surface area contributed by atoms with Crippen molar-refractivity contribution in [3.8, 4) is 6.07 Å². The Bertz CT molecular complexity index is 198. The van der Waals surface area contributed by atoms with E-state index in [2.05, 4.69) is 0 Å². The zero-order chi connectivity index (χ0) is 8.15. The monoisotopic (exact) mass is 138 g/mol. The van der Waals surface area contributed by atoms with E-state index in [1.165, 1.54) is 13.1 Å². The third-order valence-electron chi connectivity index (χ3n) is 0.887. The Morgan fingerprint density at radius 1 is 1.60 bits per heavy atom. The van der Waals surface area contributed by atoms with Crippen molar-refractivity contribution in [3.05, 3.63) is 11.8 Å². The van der Waals surface area contributed by atoms with E-state index in [9.17, 15) is 4.79 Å². The largest absolute Gasteiger partial charge is 0.382 e. The van der Waals surface area contributed by atoms with Gasteiger partial charge in [-0.2, -0.15) is 5.26 Å². The highest BCUT2D eigenvalue weighted by Gasteiger charge is 2.00. The molecule has 0 unspecified atom stereocenters. The van der Waals surface area contributed by atoms with Crippen molar-refractivity contribution in [3.63, 3.8) is 0 Å². The van der Waals surface area contributed by atoms with Gasteiger partial charge in [0.15, 0.2) is 5.78 Å². The number of Topliss-reactive ketones (excluding diaryl/α,β-unsaturated/α-hetero) is 1. The fourth-order valence-corrected chi connectivity index (χ4v) is 0.457. The van der Waals surface area contributed by atoms with Gasteiger partial charge in [-0.15, -0.1) is 0 Å². The van der Waals surface area contributed by atoms with Gasteiger partial charge in [0.05, 0.1) is 0 Å². The Morgan fingerprint density at radius 3 is 2.20 bits per heavy atom. The van der Waals surface area contributed by atoms with Crippen molar-refractivity contribution >= 4 is 5.78 Å². The summed E-state index contributed by atoms with van der Waals surface area (Å²) >= 11 is 0. The van der Waals surface area contributed by atoms with E-state index in [1.807, 2.05) is 0 Å². The highest BCUT2D eigenvalue weighted by atomic mass is 16.1. The summed E-state index contributed by atoms with van der Waals surface area (Å²) in [5, 5.41) is 8.38. The molecule has 0 rings (SSSR count). The Kier molecular flexibility index (Phi) is 3.20. The molecule has 3 nitrogen and oxygen atoms in total. The summed E-state index contributed by atoms with van der Waals surface area (Å²) < 4.78 is 0. The summed E-state index contributed by atoms with van der Waals surface area (Å²) in [6.45, 7) is 1.37. The molecule has 0 spiro atoms. The van der Waals surface area contributed by atoms with E-state index in [1.54, 1.807) is 25.1 Å². The van der Waals surface area contributed by atoms with Crippen molar-refractivity contribution < 1.29 is 4.79 Å². The van der Waals surface area contributed by atoms with Gasteiger partial charge in [-0.3, -0.25) is 4.79 Å². The maximum Gasteiger partial charge on any atom is 0.171 e. The van der Waals surface area contributed by atoms with Crippen molar-refractivity contribution in [2.75, 3.05) is 14.1 Å². The van der Waals surface area contributed by atoms with Crippen LogP contribution in [0.25, 0.3) is 0 Å². The average molecular weight is 138 g/mol. The molecular weight excluding hydrogens is 128 g/mol. The Labute approximate surface area is 60.6 Å². The molecule has 0 aliphatic carbocycles. The molecule has 3 heteroatoms. The smallest absolute Gasteiger partial charge is 0.171 e. The molecule has 0 amide bonds. The number of rotatable bonds is 2. The van der Waals surface area contributed by atoms with Crippen LogP contribution in [0.3, 0.4) is 0 Å². The number of ketones is 1. The lowest BCUT2D eigenvalue weighted by Gasteiger charge is -2.03. The molecule has 54 valence electrons. The minimum absolute atomic E-state index is 0.185. The van der Waals surface area contributed by atoms with Gasteiger partial charge in [-0.1, -0.05) is 0 Å². The fourth-order valence-electron chi connectivity index (χ4n) is 0.457. The zero-order valence-corrected chi connectivity index (χ0v) is 6.38. The Morgan fingerprint density at radius 2 is 2.10 bits per heavy atom. The Hall–Kier alpha value is -1.30. The number of carbonyl (C=O) groups excluding carboxylic acids is 1. The third kappa shape index (κ3) is 2.88. The van der Waals surface area contributed by atoms with E-state index < -0.39 is 0 Å².